The van der Waals surface area contributed by atoms with Crippen LogP contribution in [0.3, 0.4) is 0 Å². The van der Waals surface area contributed by atoms with Crippen LogP contribution in [-0.4, -0.2) is 22.5 Å². The monoisotopic (exact) mass is 294 g/mol. The van der Waals surface area contributed by atoms with Crippen LogP contribution in [0.2, 0.25) is 5.15 Å². The molecule has 4 nitrogen and oxygen atoms in total. The standard InChI is InChI=1S/C13H11ClN2O2S/c1-2-18-13(17)8-5-3-6-9(7(5)8)10-11(14)15-4-16-12(10)19-6/h4-5,7-8H,2-3H2,1H3. The van der Waals surface area contributed by atoms with Crippen molar-refractivity contribution in [2.24, 2.45) is 11.8 Å². The van der Waals surface area contributed by atoms with Crippen molar-refractivity contribution in [1.82, 2.24) is 9.97 Å². The van der Waals surface area contributed by atoms with E-state index in [1.165, 1.54) is 16.8 Å². The van der Waals surface area contributed by atoms with E-state index < -0.39 is 0 Å². The highest BCUT2D eigenvalue weighted by molar-refractivity contribution is 7.19. The summed E-state index contributed by atoms with van der Waals surface area (Å²) in [5.74, 6) is 0.615. The fourth-order valence-electron chi connectivity index (χ4n) is 3.26. The van der Waals surface area contributed by atoms with Gasteiger partial charge in [0.1, 0.15) is 16.3 Å². The van der Waals surface area contributed by atoms with Crippen molar-refractivity contribution in [2.45, 2.75) is 19.3 Å². The van der Waals surface area contributed by atoms with Crippen LogP contribution in [0.5, 0.6) is 0 Å². The van der Waals surface area contributed by atoms with Gasteiger partial charge in [-0.15, -0.1) is 11.3 Å². The smallest absolute Gasteiger partial charge is 0.309 e. The Balaban J connectivity index is 1.78. The fourth-order valence-corrected chi connectivity index (χ4v) is 4.82. The van der Waals surface area contributed by atoms with Crippen LogP contribution in [0, 0.1) is 11.8 Å². The molecule has 3 unspecified atom stereocenters. The molecule has 0 aromatic carbocycles. The molecule has 1 saturated carbocycles. The van der Waals surface area contributed by atoms with Gasteiger partial charge in [-0.2, -0.15) is 0 Å². The molecule has 0 bridgehead atoms. The zero-order valence-corrected chi connectivity index (χ0v) is 11.8. The van der Waals surface area contributed by atoms with Gasteiger partial charge in [0.15, 0.2) is 0 Å². The predicted octanol–water partition coefficient (Wildman–Crippen LogP) is 2.79. The van der Waals surface area contributed by atoms with Gasteiger partial charge in [0.25, 0.3) is 0 Å². The zero-order valence-electron chi connectivity index (χ0n) is 10.2. The number of hydrogen-bond acceptors (Lipinski definition) is 5. The van der Waals surface area contributed by atoms with Crippen LogP contribution < -0.4 is 0 Å². The molecule has 2 heterocycles. The Kier molecular flexibility index (Phi) is 2.38. The topological polar surface area (TPSA) is 52.1 Å². The average Bonchev–Trinajstić information content (AvgIpc) is 2.76. The van der Waals surface area contributed by atoms with Crippen molar-refractivity contribution in [3.05, 3.63) is 21.9 Å². The van der Waals surface area contributed by atoms with Gasteiger partial charge in [-0.25, -0.2) is 9.97 Å². The number of esters is 1. The minimum absolute atomic E-state index is 0.0153. The van der Waals surface area contributed by atoms with E-state index in [2.05, 4.69) is 9.97 Å². The molecule has 2 aromatic rings. The van der Waals surface area contributed by atoms with Crippen molar-refractivity contribution in [2.75, 3.05) is 6.61 Å². The number of rotatable bonds is 2. The lowest BCUT2D eigenvalue weighted by Crippen LogP contribution is -2.10. The SMILES string of the molecule is CCOC(=O)C1C2Cc3sc4ncnc(Cl)c4c3C21. The summed E-state index contributed by atoms with van der Waals surface area (Å²) in [6.07, 6.45) is 2.43. The van der Waals surface area contributed by atoms with Gasteiger partial charge in [-0.1, -0.05) is 11.6 Å². The molecular weight excluding hydrogens is 284 g/mol. The van der Waals surface area contributed by atoms with Crippen molar-refractivity contribution in [3.8, 4) is 0 Å². The lowest BCUT2D eigenvalue weighted by molar-refractivity contribution is -0.145. The van der Waals surface area contributed by atoms with Crippen LogP contribution in [0.4, 0.5) is 0 Å². The van der Waals surface area contributed by atoms with Gasteiger partial charge >= 0.3 is 5.97 Å². The first-order valence-corrected chi connectivity index (χ1v) is 7.50. The summed E-state index contributed by atoms with van der Waals surface area (Å²) >= 11 is 7.87. The van der Waals surface area contributed by atoms with Crippen LogP contribution in [0.15, 0.2) is 6.33 Å². The van der Waals surface area contributed by atoms with E-state index in [4.69, 9.17) is 16.3 Å². The van der Waals surface area contributed by atoms with Crippen molar-refractivity contribution in [3.63, 3.8) is 0 Å². The number of thiophene rings is 1. The highest BCUT2D eigenvalue weighted by atomic mass is 35.5. The molecule has 98 valence electrons. The first-order valence-electron chi connectivity index (χ1n) is 6.30. The number of ether oxygens (including phenoxy) is 1. The molecule has 4 rings (SSSR count). The Labute approximate surface area is 118 Å². The van der Waals surface area contributed by atoms with Gasteiger partial charge in [0.2, 0.25) is 0 Å². The second-order valence-electron chi connectivity index (χ2n) is 4.96. The molecule has 2 aliphatic carbocycles. The summed E-state index contributed by atoms with van der Waals surface area (Å²) in [6, 6.07) is 0. The maximum atomic E-state index is 11.9. The summed E-state index contributed by atoms with van der Waals surface area (Å²) in [5, 5.41) is 1.45. The molecule has 0 saturated heterocycles. The number of carbonyl (C=O) groups excluding carboxylic acids is 1. The van der Waals surface area contributed by atoms with E-state index in [0.717, 1.165) is 16.6 Å². The van der Waals surface area contributed by atoms with Crippen molar-refractivity contribution >= 4 is 39.1 Å². The Bertz CT molecular complexity index is 699. The first-order chi connectivity index (χ1) is 9.22. The lowest BCUT2D eigenvalue weighted by atomic mass is 10.1. The van der Waals surface area contributed by atoms with E-state index in [9.17, 15) is 4.79 Å². The Morgan fingerprint density at radius 3 is 3.21 bits per heavy atom. The number of hydrogen-bond donors (Lipinski definition) is 0. The molecule has 0 amide bonds. The molecule has 0 aliphatic heterocycles. The second-order valence-corrected chi connectivity index (χ2v) is 6.40. The van der Waals surface area contributed by atoms with Gasteiger partial charge in [0.05, 0.1) is 17.9 Å². The maximum absolute atomic E-state index is 11.9. The van der Waals surface area contributed by atoms with Gasteiger partial charge < -0.3 is 4.74 Å². The predicted molar refractivity (Wildman–Crippen MR) is 72.5 cm³/mol. The van der Waals surface area contributed by atoms with E-state index in [0.29, 0.717) is 17.7 Å². The maximum Gasteiger partial charge on any atom is 0.309 e. The Hall–Kier alpha value is -1.20. The normalized spacial score (nSPS) is 27.2. The third-order valence-corrected chi connectivity index (χ3v) is 5.46. The minimum atomic E-state index is -0.0736. The number of aromatic nitrogens is 2. The molecule has 19 heavy (non-hydrogen) atoms. The van der Waals surface area contributed by atoms with E-state index in [1.807, 2.05) is 6.92 Å². The molecular formula is C13H11ClN2O2S. The first kappa shape index (κ1) is 11.6. The molecule has 3 atom stereocenters. The Morgan fingerprint density at radius 1 is 1.58 bits per heavy atom. The van der Waals surface area contributed by atoms with Crippen molar-refractivity contribution < 1.29 is 9.53 Å². The molecule has 0 N–H and O–H groups in total. The van der Waals surface area contributed by atoms with Gasteiger partial charge in [-0.05, 0) is 24.8 Å². The minimum Gasteiger partial charge on any atom is -0.466 e. The molecule has 0 radical (unpaired) electrons. The second kappa shape index (κ2) is 3.90. The highest BCUT2D eigenvalue weighted by Crippen LogP contribution is 2.65. The number of fused-ring (bicyclic) bond motifs is 5. The van der Waals surface area contributed by atoms with Crippen LogP contribution in [0.1, 0.15) is 23.3 Å². The molecule has 2 aliphatic rings. The molecule has 2 aromatic heterocycles. The average molecular weight is 295 g/mol. The van der Waals surface area contributed by atoms with Crippen molar-refractivity contribution in [1.29, 1.82) is 0 Å². The summed E-state index contributed by atoms with van der Waals surface area (Å²) in [4.78, 5) is 22.5. The zero-order chi connectivity index (χ0) is 13.1. The fraction of sp³-hybridized carbons (Fsp3) is 0.462. The lowest BCUT2D eigenvalue weighted by Gasteiger charge is -2.04. The third-order valence-electron chi connectivity index (χ3n) is 4.04. The van der Waals surface area contributed by atoms with E-state index >= 15 is 0 Å². The molecule has 0 spiro atoms. The summed E-state index contributed by atoms with van der Waals surface area (Å²) < 4.78 is 5.14. The summed E-state index contributed by atoms with van der Waals surface area (Å²) in [7, 11) is 0. The number of halogens is 1. The Morgan fingerprint density at radius 2 is 2.42 bits per heavy atom. The van der Waals surface area contributed by atoms with Gasteiger partial charge in [0, 0.05) is 10.8 Å². The van der Waals surface area contributed by atoms with Crippen LogP contribution in [0.25, 0.3) is 10.2 Å². The van der Waals surface area contributed by atoms with E-state index in [1.54, 1.807) is 11.3 Å². The van der Waals surface area contributed by atoms with Crippen LogP contribution >= 0.6 is 22.9 Å². The number of carbonyl (C=O) groups is 1. The molecule has 6 heteroatoms. The van der Waals surface area contributed by atoms with Gasteiger partial charge in [-0.3, -0.25) is 4.79 Å². The molecule has 1 fully saturated rings. The quantitative estimate of drug-likeness (QED) is 0.631. The number of nitrogens with zero attached hydrogens (tertiary/aromatic N) is 2. The largest absolute Gasteiger partial charge is 0.466 e. The van der Waals surface area contributed by atoms with Crippen LogP contribution in [-0.2, 0) is 16.0 Å². The third kappa shape index (κ3) is 1.48. The van der Waals surface area contributed by atoms with E-state index in [-0.39, 0.29) is 17.8 Å². The summed E-state index contributed by atoms with van der Waals surface area (Å²) in [6.45, 7) is 2.28. The highest BCUT2D eigenvalue weighted by Gasteiger charge is 2.61. The summed E-state index contributed by atoms with van der Waals surface area (Å²) in [5.41, 5.74) is 1.20.